The van der Waals surface area contributed by atoms with Crippen molar-refractivity contribution in [2.24, 2.45) is 10.2 Å². The van der Waals surface area contributed by atoms with Crippen molar-refractivity contribution in [3.05, 3.63) is 48.5 Å². The molecule has 7 heteroatoms. The van der Waals surface area contributed by atoms with E-state index in [1.807, 2.05) is 13.8 Å². The van der Waals surface area contributed by atoms with Gasteiger partial charge in [-0.1, -0.05) is 13.8 Å². The lowest BCUT2D eigenvalue weighted by molar-refractivity contribution is -0.114. The van der Waals surface area contributed by atoms with Crippen LogP contribution in [0, 0.1) is 0 Å². The van der Waals surface area contributed by atoms with Gasteiger partial charge in [0.25, 0.3) is 0 Å². The van der Waals surface area contributed by atoms with Crippen LogP contribution >= 0.6 is 0 Å². The SMILES string of the molecule is CC(=O)Nc1ccc(N=Nc2ccc(OC[C@@H](O)CNC(C)C)cc2)cc1. The molecule has 2 aromatic rings. The van der Waals surface area contributed by atoms with Gasteiger partial charge in [-0.25, -0.2) is 0 Å². The van der Waals surface area contributed by atoms with Crippen LogP contribution in [0.25, 0.3) is 0 Å². The first-order valence-electron chi connectivity index (χ1n) is 8.86. The third-order valence-electron chi connectivity index (χ3n) is 3.51. The number of anilines is 1. The minimum absolute atomic E-state index is 0.115. The zero-order valence-electron chi connectivity index (χ0n) is 15.8. The quantitative estimate of drug-likeness (QED) is 0.585. The van der Waals surface area contributed by atoms with Gasteiger partial charge in [-0.3, -0.25) is 4.79 Å². The van der Waals surface area contributed by atoms with E-state index in [0.717, 1.165) is 0 Å². The number of hydrogen-bond acceptors (Lipinski definition) is 6. The van der Waals surface area contributed by atoms with E-state index < -0.39 is 6.10 Å². The van der Waals surface area contributed by atoms with Gasteiger partial charge in [0.2, 0.25) is 5.91 Å². The van der Waals surface area contributed by atoms with Gasteiger partial charge in [-0.05, 0) is 48.5 Å². The van der Waals surface area contributed by atoms with E-state index in [4.69, 9.17) is 4.74 Å². The molecule has 0 saturated heterocycles. The fourth-order valence-corrected chi connectivity index (χ4v) is 2.16. The fourth-order valence-electron chi connectivity index (χ4n) is 2.16. The largest absolute Gasteiger partial charge is 0.491 e. The third kappa shape index (κ3) is 7.98. The molecule has 0 aliphatic carbocycles. The molecule has 0 bridgehead atoms. The number of aliphatic hydroxyl groups is 1. The van der Waals surface area contributed by atoms with E-state index in [9.17, 15) is 9.90 Å². The molecule has 0 aromatic heterocycles. The number of azo groups is 1. The summed E-state index contributed by atoms with van der Waals surface area (Å²) >= 11 is 0. The first kappa shape index (κ1) is 20.5. The number of nitrogens with one attached hydrogen (secondary N) is 2. The Labute approximate surface area is 159 Å². The van der Waals surface area contributed by atoms with Crippen LogP contribution in [0.5, 0.6) is 5.75 Å². The summed E-state index contributed by atoms with van der Waals surface area (Å²) in [5.74, 6) is 0.549. The maximum absolute atomic E-state index is 11.0. The number of amides is 1. The standard InChI is InChI=1S/C20H26N4O3/c1-14(2)21-12-19(26)13-27-20-10-8-18(9-11-20)24-23-17-6-4-16(5-7-17)22-15(3)25/h4-11,14,19,21,26H,12-13H2,1-3H3,(H,22,25)/t19-/m0/s1. The highest BCUT2D eigenvalue weighted by Crippen LogP contribution is 2.22. The Morgan fingerprint density at radius 1 is 1.04 bits per heavy atom. The highest BCUT2D eigenvalue weighted by Gasteiger charge is 2.06. The van der Waals surface area contributed by atoms with Crippen LogP contribution in [0.4, 0.5) is 17.1 Å². The maximum Gasteiger partial charge on any atom is 0.221 e. The van der Waals surface area contributed by atoms with Crippen molar-refractivity contribution < 1.29 is 14.6 Å². The summed E-state index contributed by atoms with van der Waals surface area (Å²) in [6, 6.07) is 14.6. The van der Waals surface area contributed by atoms with Crippen molar-refractivity contribution in [2.75, 3.05) is 18.5 Å². The highest BCUT2D eigenvalue weighted by molar-refractivity contribution is 5.88. The minimum atomic E-state index is -0.563. The summed E-state index contributed by atoms with van der Waals surface area (Å²) < 4.78 is 5.57. The molecule has 2 aromatic carbocycles. The topological polar surface area (TPSA) is 95.3 Å². The molecule has 27 heavy (non-hydrogen) atoms. The van der Waals surface area contributed by atoms with E-state index in [-0.39, 0.29) is 12.5 Å². The van der Waals surface area contributed by atoms with Crippen molar-refractivity contribution in [3.63, 3.8) is 0 Å². The van der Waals surface area contributed by atoms with Crippen molar-refractivity contribution in [1.82, 2.24) is 5.32 Å². The Balaban J connectivity index is 1.84. The summed E-state index contributed by atoms with van der Waals surface area (Å²) in [4.78, 5) is 11.0. The second-order valence-electron chi connectivity index (χ2n) is 6.45. The van der Waals surface area contributed by atoms with E-state index in [2.05, 4.69) is 20.9 Å². The number of benzene rings is 2. The van der Waals surface area contributed by atoms with Gasteiger partial charge in [-0.2, -0.15) is 10.2 Å². The van der Waals surface area contributed by atoms with Crippen LogP contribution in [0.15, 0.2) is 58.8 Å². The number of hydrogen-bond donors (Lipinski definition) is 3. The Bertz CT molecular complexity index is 743. The Hall–Kier alpha value is -2.77. The van der Waals surface area contributed by atoms with Crippen molar-refractivity contribution in [2.45, 2.75) is 32.9 Å². The Morgan fingerprint density at radius 2 is 1.59 bits per heavy atom. The van der Waals surface area contributed by atoms with E-state index in [0.29, 0.717) is 35.4 Å². The maximum atomic E-state index is 11.0. The van der Waals surface area contributed by atoms with Gasteiger partial charge in [-0.15, -0.1) is 0 Å². The molecule has 144 valence electrons. The molecule has 0 radical (unpaired) electrons. The molecule has 0 saturated carbocycles. The normalized spacial score (nSPS) is 12.3. The lowest BCUT2D eigenvalue weighted by Gasteiger charge is -2.14. The molecule has 0 fully saturated rings. The zero-order chi connectivity index (χ0) is 19.6. The van der Waals surface area contributed by atoms with Crippen molar-refractivity contribution in [1.29, 1.82) is 0 Å². The Morgan fingerprint density at radius 3 is 2.11 bits per heavy atom. The van der Waals surface area contributed by atoms with Crippen LogP contribution in [0.3, 0.4) is 0 Å². The van der Waals surface area contributed by atoms with Crippen LogP contribution in [0.2, 0.25) is 0 Å². The fraction of sp³-hybridized carbons (Fsp3) is 0.350. The minimum Gasteiger partial charge on any atom is -0.491 e. The van der Waals surface area contributed by atoms with Gasteiger partial charge in [0, 0.05) is 25.2 Å². The molecule has 1 amide bonds. The second kappa shape index (κ2) is 10.4. The summed E-state index contributed by atoms with van der Waals surface area (Å²) in [5.41, 5.74) is 2.09. The van der Waals surface area contributed by atoms with E-state index >= 15 is 0 Å². The van der Waals surface area contributed by atoms with Gasteiger partial charge >= 0.3 is 0 Å². The molecular weight excluding hydrogens is 344 g/mol. The second-order valence-corrected chi connectivity index (χ2v) is 6.45. The molecule has 7 nitrogen and oxygen atoms in total. The van der Waals surface area contributed by atoms with E-state index in [1.165, 1.54) is 6.92 Å². The number of carbonyl (C=O) groups is 1. The molecule has 0 aliphatic rings. The average Bonchev–Trinajstić information content (AvgIpc) is 2.64. The molecular formula is C20H26N4O3. The van der Waals surface area contributed by atoms with Gasteiger partial charge < -0.3 is 20.5 Å². The van der Waals surface area contributed by atoms with Crippen LogP contribution in [0.1, 0.15) is 20.8 Å². The van der Waals surface area contributed by atoms with Gasteiger partial charge in [0.15, 0.2) is 0 Å². The molecule has 3 N–H and O–H groups in total. The molecule has 0 unspecified atom stereocenters. The van der Waals surface area contributed by atoms with Crippen LogP contribution < -0.4 is 15.4 Å². The first-order valence-corrected chi connectivity index (χ1v) is 8.86. The predicted octanol–water partition coefficient (Wildman–Crippen LogP) is 3.80. The number of ether oxygens (including phenoxy) is 1. The summed E-state index contributed by atoms with van der Waals surface area (Å²) in [6.45, 7) is 6.23. The number of nitrogens with zero attached hydrogens (tertiary/aromatic N) is 2. The summed E-state index contributed by atoms with van der Waals surface area (Å²) in [6.07, 6.45) is -0.563. The van der Waals surface area contributed by atoms with E-state index in [1.54, 1.807) is 48.5 Å². The Kier molecular flexibility index (Phi) is 7.91. The highest BCUT2D eigenvalue weighted by atomic mass is 16.5. The van der Waals surface area contributed by atoms with Gasteiger partial charge in [0.05, 0.1) is 11.4 Å². The smallest absolute Gasteiger partial charge is 0.221 e. The molecule has 1 atom stereocenters. The lowest BCUT2D eigenvalue weighted by Crippen LogP contribution is -2.35. The monoisotopic (exact) mass is 370 g/mol. The molecule has 0 spiro atoms. The van der Waals surface area contributed by atoms with Gasteiger partial charge in [0.1, 0.15) is 18.5 Å². The molecule has 0 aliphatic heterocycles. The molecule has 2 rings (SSSR count). The first-order chi connectivity index (χ1) is 12.9. The number of rotatable bonds is 9. The third-order valence-corrected chi connectivity index (χ3v) is 3.51. The average molecular weight is 370 g/mol. The number of carbonyl (C=O) groups excluding carboxylic acids is 1. The lowest BCUT2D eigenvalue weighted by atomic mass is 10.3. The zero-order valence-corrected chi connectivity index (χ0v) is 15.8. The van der Waals surface area contributed by atoms with Crippen LogP contribution in [-0.4, -0.2) is 36.3 Å². The van der Waals surface area contributed by atoms with Crippen LogP contribution in [-0.2, 0) is 4.79 Å². The summed E-state index contributed by atoms with van der Waals surface area (Å²) in [7, 11) is 0. The summed E-state index contributed by atoms with van der Waals surface area (Å²) in [5, 5.41) is 24.0. The predicted molar refractivity (Wildman–Crippen MR) is 106 cm³/mol. The van der Waals surface area contributed by atoms with Crippen molar-refractivity contribution in [3.8, 4) is 5.75 Å². The molecule has 0 heterocycles. The number of aliphatic hydroxyl groups excluding tert-OH is 1. The van der Waals surface area contributed by atoms with Crippen molar-refractivity contribution >= 4 is 23.0 Å².